The molecule has 0 aliphatic heterocycles. The number of halogens is 1. The van der Waals surface area contributed by atoms with Gasteiger partial charge in [0.15, 0.2) is 0 Å². The number of rotatable bonds is 4. The highest BCUT2D eigenvalue weighted by atomic mass is 35.5. The number of hydrogen-bond donors (Lipinski definition) is 1. The molecule has 0 spiro atoms. The SMILES string of the molecule is CC(C)(Oc1ccc(CN)cc1Cl)c1cccnc1. The molecule has 2 N–H and O–H groups in total. The summed E-state index contributed by atoms with van der Waals surface area (Å²) < 4.78 is 6.01. The van der Waals surface area contributed by atoms with Crippen LogP contribution in [-0.2, 0) is 12.1 Å². The number of hydrogen-bond acceptors (Lipinski definition) is 3. The van der Waals surface area contributed by atoms with Gasteiger partial charge in [-0.1, -0.05) is 23.7 Å². The molecule has 1 heterocycles. The predicted octanol–water partition coefficient (Wildman–Crippen LogP) is 3.51. The van der Waals surface area contributed by atoms with E-state index in [1.54, 1.807) is 12.4 Å². The molecule has 0 fully saturated rings. The minimum absolute atomic E-state index is 0.464. The standard InChI is InChI=1S/C15H17ClN2O/c1-15(2,12-4-3-7-18-10-12)19-14-6-5-11(9-17)8-13(14)16/h3-8,10H,9,17H2,1-2H3. The predicted molar refractivity (Wildman–Crippen MR) is 77.2 cm³/mol. The van der Waals surface area contributed by atoms with Gasteiger partial charge >= 0.3 is 0 Å². The molecule has 0 saturated heterocycles. The van der Waals surface area contributed by atoms with Crippen molar-refractivity contribution >= 4 is 11.6 Å². The molecule has 0 unspecified atom stereocenters. The Labute approximate surface area is 118 Å². The van der Waals surface area contributed by atoms with Crippen molar-refractivity contribution in [3.63, 3.8) is 0 Å². The first kappa shape index (κ1) is 13.8. The molecule has 100 valence electrons. The van der Waals surface area contributed by atoms with Crippen molar-refractivity contribution < 1.29 is 4.74 Å². The minimum atomic E-state index is -0.498. The van der Waals surface area contributed by atoms with Crippen molar-refractivity contribution in [1.82, 2.24) is 4.98 Å². The molecule has 0 atom stereocenters. The number of benzene rings is 1. The Morgan fingerprint density at radius 2 is 2.11 bits per heavy atom. The Morgan fingerprint density at radius 1 is 1.32 bits per heavy atom. The number of nitrogens with zero attached hydrogens (tertiary/aromatic N) is 1. The summed E-state index contributed by atoms with van der Waals surface area (Å²) in [4.78, 5) is 4.11. The van der Waals surface area contributed by atoms with E-state index in [9.17, 15) is 0 Å². The van der Waals surface area contributed by atoms with Gasteiger partial charge in [-0.25, -0.2) is 0 Å². The summed E-state index contributed by atoms with van der Waals surface area (Å²) in [5.41, 5.74) is 7.06. The smallest absolute Gasteiger partial charge is 0.139 e. The molecule has 0 amide bonds. The third kappa shape index (κ3) is 3.25. The molecular weight excluding hydrogens is 260 g/mol. The molecule has 0 aliphatic carbocycles. The second-order valence-corrected chi connectivity index (χ2v) is 5.23. The van der Waals surface area contributed by atoms with E-state index in [4.69, 9.17) is 22.1 Å². The van der Waals surface area contributed by atoms with E-state index >= 15 is 0 Å². The van der Waals surface area contributed by atoms with Gasteiger partial charge in [0.25, 0.3) is 0 Å². The Morgan fingerprint density at radius 3 is 2.68 bits per heavy atom. The maximum absolute atomic E-state index is 6.21. The molecule has 19 heavy (non-hydrogen) atoms. The third-order valence-electron chi connectivity index (χ3n) is 2.95. The fourth-order valence-electron chi connectivity index (χ4n) is 1.81. The lowest BCUT2D eigenvalue weighted by Gasteiger charge is -2.27. The Kier molecular flexibility index (Phi) is 4.08. The van der Waals surface area contributed by atoms with Crippen molar-refractivity contribution in [3.05, 3.63) is 58.9 Å². The zero-order valence-electron chi connectivity index (χ0n) is 11.1. The Balaban J connectivity index is 2.25. The highest BCUT2D eigenvalue weighted by Gasteiger charge is 2.23. The van der Waals surface area contributed by atoms with Gasteiger partial charge in [0.2, 0.25) is 0 Å². The monoisotopic (exact) mass is 276 g/mol. The molecule has 0 saturated carbocycles. The van der Waals surface area contributed by atoms with E-state index in [0.29, 0.717) is 17.3 Å². The van der Waals surface area contributed by atoms with Crippen molar-refractivity contribution in [2.45, 2.75) is 26.0 Å². The summed E-state index contributed by atoms with van der Waals surface area (Å²) in [5, 5.41) is 0.569. The zero-order valence-corrected chi connectivity index (χ0v) is 11.8. The summed E-state index contributed by atoms with van der Waals surface area (Å²) >= 11 is 6.21. The van der Waals surface area contributed by atoms with Gasteiger partial charge in [-0.05, 0) is 37.6 Å². The highest BCUT2D eigenvalue weighted by molar-refractivity contribution is 6.32. The minimum Gasteiger partial charge on any atom is -0.482 e. The largest absolute Gasteiger partial charge is 0.482 e. The summed E-state index contributed by atoms with van der Waals surface area (Å²) in [5.74, 6) is 0.646. The van der Waals surface area contributed by atoms with Crippen molar-refractivity contribution in [2.75, 3.05) is 0 Å². The average molecular weight is 277 g/mol. The second kappa shape index (κ2) is 5.59. The molecule has 1 aromatic carbocycles. The first-order valence-electron chi connectivity index (χ1n) is 6.11. The highest BCUT2D eigenvalue weighted by Crippen LogP contribution is 2.32. The van der Waals surface area contributed by atoms with Crippen molar-refractivity contribution in [1.29, 1.82) is 0 Å². The van der Waals surface area contributed by atoms with E-state index < -0.39 is 5.60 Å². The van der Waals surface area contributed by atoms with Crippen LogP contribution in [0.5, 0.6) is 5.75 Å². The fourth-order valence-corrected chi connectivity index (χ4v) is 2.05. The normalized spacial score (nSPS) is 11.4. The topological polar surface area (TPSA) is 48.1 Å². The second-order valence-electron chi connectivity index (χ2n) is 4.82. The van der Waals surface area contributed by atoms with Crippen LogP contribution >= 0.6 is 11.6 Å². The van der Waals surface area contributed by atoms with Crippen LogP contribution in [0.4, 0.5) is 0 Å². The fraction of sp³-hybridized carbons (Fsp3) is 0.267. The molecule has 1 aromatic heterocycles. The lowest BCUT2D eigenvalue weighted by atomic mass is 10.00. The van der Waals surface area contributed by atoms with Gasteiger partial charge < -0.3 is 10.5 Å². The summed E-state index contributed by atoms with van der Waals surface area (Å²) in [6.45, 7) is 4.43. The molecule has 0 bridgehead atoms. The Bertz CT molecular complexity index is 555. The maximum Gasteiger partial charge on any atom is 0.139 e. The van der Waals surface area contributed by atoms with Gasteiger partial charge in [-0.3, -0.25) is 4.98 Å². The molecule has 2 aromatic rings. The van der Waals surface area contributed by atoms with Crippen LogP contribution in [0.15, 0.2) is 42.7 Å². The first-order valence-corrected chi connectivity index (χ1v) is 6.49. The van der Waals surface area contributed by atoms with Crippen molar-refractivity contribution in [3.8, 4) is 5.75 Å². The maximum atomic E-state index is 6.21. The number of pyridine rings is 1. The number of nitrogens with two attached hydrogens (primary N) is 1. The van der Waals surface area contributed by atoms with Crippen LogP contribution < -0.4 is 10.5 Å². The third-order valence-corrected chi connectivity index (χ3v) is 3.25. The molecule has 0 radical (unpaired) electrons. The van der Waals surface area contributed by atoms with Crippen LogP contribution in [0.1, 0.15) is 25.0 Å². The van der Waals surface area contributed by atoms with Gasteiger partial charge in [-0.2, -0.15) is 0 Å². The summed E-state index contributed by atoms with van der Waals surface area (Å²) in [7, 11) is 0. The lowest BCUT2D eigenvalue weighted by molar-refractivity contribution is 0.108. The van der Waals surface area contributed by atoms with E-state index in [1.807, 2.05) is 44.2 Å². The molecule has 3 nitrogen and oxygen atoms in total. The van der Waals surface area contributed by atoms with Gasteiger partial charge in [0, 0.05) is 24.5 Å². The quantitative estimate of drug-likeness (QED) is 0.930. The van der Waals surface area contributed by atoms with Gasteiger partial charge in [0.1, 0.15) is 11.4 Å². The van der Waals surface area contributed by atoms with Gasteiger partial charge in [0.05, 0.1) is 5.02 Å². The van der Waals surface area contributed by atoms with Crippen LogP contribution in [0, 0.1) is 0 Å². The Hall–Kier alpha value is -1.58. The molecule has 0 aliphatic rings. The van der Waals surface area contributed by atoms with Crippen LogP contribution in [0.2, 0.25) is 5.02 Å². The van der Waals surface area contributed by atoms with Crippen LogP contribution in [0.3, 0.4) is 0 Å². The van der Waals surface area contributed by atoms with Crippen LogP contribution in [0.25, 0.3) is 0 Å². The molecule has 4 heteroatoms. The van der Waals surface area contributed by atoms with Crippen molar-refractivity contribution in [2.24, 2.45) is 5.73 Å². The summed E-state index contributed by atoms with van der Waals surface area (Å²) in [6, 6.07) is 9.47. The van der Waals surface area contributed by atoms with Crippen LogP contribution in [-0.4, -0.2) is 4.98 Å². The summed E-state index contributed by atoms with van der Waals surface area (Å²) in [6.07, 6.45) is 3.53. The van der Waals surface area contributed by atoms with Gasteiger partial charge in [-0.15, -0.1) is 0 Å². The van der Waals surface area contributed by atoms with E-state index in [0.717, 1.165) is 11.1 Å². The van der Waals surface area contributed by atoms with E-state index in [2.05, 4.69) is 4.98 Å². The zero-order chi connectivity index (χ0) is 13.9. The lowest BCUT2D eigenvalue weighted by Crippen LogP contribution is -2.25. The molecular formula is C15H17ClN2O. The number of aromatic nitrogens is 1. The van der Waals surface area contributed by atoms with E-state index in [-0.39, 0.29) is 0 Å². The first-order chi connectivity index (χ1) is 9.03. The van der Waals surface area contributed by atoms with E-state index in [1.165, 1.54) is 0 Å². The molecule has 2 rings (SSSR count). The average Bonchev–Trinajstić information content (AvgIpc) is 2.42. The number of ether oxygens (including phenoxy) is 1.